The van der Waals surface area contributed by atoms with Gasteiger partial charge in [-0.15, -0.1) is 0 Å². The Morgan fingerprint density at radius 1 is 1.12 bits per heavy atom. The number of aryl methyl sites for hydroxylation is 1. The highest BCUT2D eigenvalue weighted by Gasteiger charge is 2.32. The lowest BCUT2D eigenvalue weighted by molar-refractivity contribution is 0.187. The summed E-state index contributed by atoms with van der Waals surface area (Å²) in [7, 11) is 0. The van der Waals surface area contributed by atoms with Crippen molar-refractivity contribution in [3.8, 4) is 0 Å². The molecule has 0 saturated carbocycles. The molecule has 2 atom stereocenters. The van der Waals surface area contributed by atoms with Gasteiger partial charge < -0.3 is 0 Å². The van der Waals surface area contributed by atoms with Gasteiger partial charge in [-0.05, 0) is 71.3 Å². The summed E-state index contributed by atoms with van der Waals surface area (Å²) in [5, 5.41) is 0.211. The van der Waals surface area contributed by atoms with Crippen molar-refractivity contribution in [1.82, 2.24) is 0 Å². The Balaban J connectivity index is 1.82. The summed E-state index contributed by atoms with van der Waals surface area (Å²) in [6.45, 7) is 9.15. The average molecular weight is 359 g/mol. The number of benzene rings is 2. The molecule has 1 aliphatic rings. The minimum absolute atomic E-state index is 0.108. The SMILES string of the molecule is CC(Cc1ccc2c(c1)CC(C)(C(C)C)CC2)c1cccc(Cl)c1F. The number of hydrogen-bond acceptors (Lipinski definition) is 0. The molecule has 0 nitrogen and oxygen atoms in total. The fraction of sp³-hybridized carbons (Fsp3) is 0.478. The fourth-order valence-corrected chi connectivity index (χ4v) is 4.20. The van der Waals surface area contributed by atoms with Crippen molar-refractivity contribution < 1.29 is 4.39 Å². The first-order chi connectivity index (χ1) is 11.8. The van der Waals surface area contributed by atoms with Crippen molar-refractivity contribution in [2.45, 2.75) is 59.3 Å². The molecule has 134 valence electrons. The van der Waals surface area contributed by atoms with E-state index in [1.807, 2.05) is 12.1 Å². The molecular formula is C23H28ClF. The second kappa shape index (κ2) is 7.11. The van der Waals surface area contributed by atoms with E-state index in [1.54, 1.807) is 6.07 Å². The van der Waals surface area contributed by atoms with Gasteiger partial charge in [0.05, 0.1) is 5.02 Å². The molecule has 3 rings (SSSR count). The van der Waals surface area contributed by atoms with E-state index in [0.29, 0.717) is 16.9 Å². The van der Waals surface area contributed by atoms with Crippen LogP contribution in [0.3, 0.4) is 0 Å². The first-order valence-corrected chi connectivity index (χ1v) is 9.72. The van der Waals surface area contributed by atoms with Crippen LogP contribution in [0.15, 0.2) is 36.4 Å². The monoisotopic (exact) mass is 358 g/mol. The quantitative estimate of drug-likeness (QED) is 0.553. The van der Waals surface area contributed by atoms with Gasteiger partial charge in [0.1, 0.15) is 5.82 Å². The molecule has 0 bridgehead atoms. The minimum atomic E-state index is -0.276. The summed E-state index contributed by atoms with van der Waals surface area (Å²) in [5.41, 5.74) is 5.36. The molecule has 0 amide bonds. The van der Waals surface area contributed by atoms with Crippen LogP contribution >= 0.6 is 11.6 Å². The predicted octanol–water partition coefficient (Wildman–Crippen LogP) is 6.98. The molecule has 0 radical (unpaired) electrons. The molecule has 0 aliphatic heterocycles. The van der Waals surface area contributed by atoms with Gasteiger partial charge in [-0.25, -0.2) is 4.39 Å². The van der Waals surface area contributed by atoms with Gasteiger partial charge in [0.25, 0.3) is 0 Å². The summed E-state index contributed by atoms with van der Waals surface area (Å²) < 4.78 is 14.3. The van der Waals surface area contributed by atoms with E-state index in [9.17, 15) is 4.39 Å². The van der Waals surface area contributed by atoms with Crippen LogP contribution in [-0.2, 0) is 19.3 Å². The molecule has 0 saturated heterocycles. The van der Waals surface area contributed by atoms with E-state index in [0.717, 1.165) is 12.8 Å². The lowest BCUT2D eigenvalue weighted by Gasteiger charge is -2.38. The molecule has 0 heterocycles. The molecule has 25 heavy (non-hydrogen) atoms. The van der Waals surface area contributed by atoms with Gasteiger partial charge in [-0.2, -0.15) is 0 Å². The van der Waals surface area contributed by atoms with E-state index in [4.69, 9.17) is 11.6 Å². The van der Waals surface area contributed by atoms with Crippen LogP contribution in [0.1, 0.15) is 62.3 Å². The van der Waals surface area contributed by atoms with E-state index in [1.165, 1.54) is 29.5 Å². The van der Waals surface area contributed by atoms with E-state index in [-0.39, 0.29) is 16.8 Å². The van der Waals surface area contributed by atoms with Gasteiger partial charge >= 0.3 is 0 Å². The molecule has 2 aromatic rings. The highest BCUT2D eigenvalue weighted by molar-refractivity contribution is 6.30. The van der Waals surface area contributed by atoms with E-state index in [2.05, 4.69) is 45.9 Å². The van der Waals surface area contributed by atoms with Crippen LogP contribution in [0, 0.1) is 17.2 Å². The maximum Gasteiger partial charge on any atom is 0.145 e. The van der Waals surface area contributed by atoms with Crippen molar-refractivity contribution in [2.24, 2.45) is 11.3 Å². The normalized spacial score (nSPS) is 21.2. The Kier molecular flexibility index (Phi) is 5.25. The lowest BCUT2D eigenvalue weighted by atomic mass is 9.66. The van der Waals surface area contributed by atoms with Crippen molar-refractivity contribution in [3.63, 3.8) is 0 Å². The summed E-state index contributed by atoms with van der Waals surface area (Å²) in [6.07, 6.45) is 4.42. The first-order valence-electron chi connectivity index (χ1n) is 9.35. The highest BCUT2D eigenvalue weighted by atomic mass is 35.5. The van der Waals surface area contributed by atoms with Gasteiger partial charge in [0, 0.05) is 0 Å². The van der Waals surface area contributed by atoms with Gasteiger partial charge in [-0.1, -0.05) is 69.6 Å². The Morgan fingerprint density at radius 2 is 1.88 bits per heavy atom. The van der Waals surface area contributed by atoms with Crippen LogP contribution in [0.4, 0.5) is 4.39 Å². The summed E-state index contributed by atoms with van der Waals surface area (Å²) in [6, 6.07) is 12.1. The van der Waals surface area contributed by atoms with E-state index < -0.39 is 0 Å². The van der Waals surface area contributed by atoms with Crippen LogP contribution in [0.25, 0.3) is 0 Å². The van der Waals surface area contributed by atoms with Crippen molar-refractivity contribution in [2.75, 3.05) is 0 Å². The first kappa shape index (κ1) is 18.5. The predicted molar refractivity (Wildman–Crippen MR) is 105 cm³/mol. The Labute approximate surface area is 156 Å². The smallest absolute Gasteiger partial charge is 0.145 e. The largest absolute Gasteiger partial charge is 0.205 e. The average Bonchev–Trinajstić information content (AvgIpc) is 2.56. The Bertz CT molecular complexity index is 765. The maximum atomic E-state index is 14.3. The third-order valence-corrected chi connectivity index (χ3v) is 6.57. The molecule has 0 aromatic heterocycles. The summed E-state index contributed by atoms with van der Waals surface area (Å²) in [5.74, 6) is 0.516. The molecule has 0 fully saturated rings. The van der Waals surface area contributed by atoms with Crippen LogP contribution in [0.2, 0.25) is 5.02 Å². The lowest BCUT2D eigenvalue weighted by Crippen LogP contribution is -2.31. The fourth-order valence-electron chi connectivity index (χ4n) is 4.02. The van der Waals surface area contributed by atoms with Crippen LogP contribution in [0.5, 0.6) is 0 Å². The third kappa shape index (κ3) is 3.77. The topological polar surface area (TPSA) is 0 Å². The second-order valence-electron chi connectivity index (χ2n) is 8.34. The Hall–Kier alpha value is -1.34. The molecular weight excluding hydrogens is 331 g/mol. The minimum Gasteiger partial charge on any atom is -0.205 e. The Morgan fingerprint density at radius 3 is 2.60 bits per heavy atom. The van der Waals surface area contributed by atoms with Gasteiger partial charge in [0.15, 0.2) is 0 Å². The number of hydrogen-bond donors (Lipinski definition) is 0. The van der Waals surface area contributed by atoms with Crippen molar-refractivity contribution in [3.05, 3.63) is 69.5 Å². The molecule has 2 unspecified atom stereocenters. The number of halogens is 2. The summed E-state index contributed by atoms with van der Waals surface area (Å²) >= 11 is 5.94. The molecule has 2 heteroatoms. The molecule has 0 N–H and O–H groups in total. The van der Waals surface area contributed by atoms with Crippen molar-refractivity contribution >= 4 is 11.6 Å². The summed E-state index contributed by atoms with van der Waals surface area (Å²) in [4.78, 5) is 0. The molecule has 1 aliphatic carbocycles. The number of rotatable bonds is 4. The maximum absolute atomic E-state index is 14.3. The zero-order valence-electron chi connectivity index (χ0n) is 15.7. The third-order valence-electron chi connectivity index (χ3n) is 6.28. The van der Waals surface area contributed by atoms with Crippen LogP contribution in [-0.4, -0.2) is 0 Å². The number of fused-ring (bicyclic) bond motifs is 1. The van der Waals surface area contributed by atoms with Gasteiger partial charge in [-0.3, -0.25) is 0 Å². The van der Waals surface area contributed by atoms with Crippen molar-refractivity contribution in [1.29, 1.82) is 0 Å². The van der Waals surface area contributed by atoms with Crippen LogP contribution < -0.4 is 0 Å². The standard InChI is InChI=1S/C23H28ClF/c1-15(2)23(4)11-10-18-9-8-17(13-19(18)14-23)12-16(3)20-6-5-7-21(24)22(20)25/h5-9,13,15-16H,10-12,14H2,1-4H3. The van der Waals surface area contributed by atoms with E-state index >= 15 is 0 Å². The highest BCUT2D eigenvalue weighted by Crippen LogP contribution is 2.41. The molecule has 2 aromatic carbocycles. The van der Waals surface area contributed by atoms with Gasteiger partial charge in [0.2, 0.25) is 0 Å². The zero-order valence-corrected chi connectivity index (χ0v) is 16.5. The second-order valence-corrected chi connectivity index (χ2v) is 8.74. The molecule has 0 spiro atoms. The zero-order chi connectivity index (χ0) is 18.2.